The standard InChI is InChI=1S/C13H24N6O2/c1-6-14-10(20)8-19(5)12-16-11(15-7-2)17-13(18-12)21-9(3)4/h9H,6-8H2,1-5H3,(H,14,20)(H,15,16,17,18). The molecule has 1 amide bonds. The Kier molecular flexibility index (Phi) is 6.64. The molecule has 0 unspecified atom stereocenters. The van der Waals surface area contributed by atoms with Crippen LogP contribution in [0.4, 0.5) is 11.9 Å². The largest absolute Gasteiger partial charge is 0.461 e. The first-order chi connectivity index (χ1) is 9.96. The van der Waals surface area contributed by atoms with Crippen molar-refractivity contribution in [3.8, 4) is 6.01 Å². The van der Waals surface area contributed by atoms with Gasteiger partial charge in [-0.15, -0.1) is 0 Å². The Morgan fingerprint density at radius 3 is 2.52 bits per heavy atom. The molecule has 8 heteroatoms. The number of ether oxygens (including phenoxy) is 1. The number of likely N-dealkylation sites (N-methyl/N-ethyl adjacent to an activating group) is 2. The van der Waals surface area contributed by atoms with Crippen molar-refractivity contribution in [3.05, 3.63) is 0 Å². The lowest BCUT2D eigenvalue weighted by molar-refractivity contribution is -0.119. The summed E-state index contributed by atoms with van der Waals surface area (Å²) >= 11 is 0. The third-order valence-corrected chi connectivity index (χ3v) is 2.38. The van der Waals surface area contributed by atoms with Gasteiger partial charge in [-0.3, -0.25) is 4.79 Å². The number of carbonyl (C=O) groups excluding carboxylic acids is 1. The van der Waals surface area contributed by atoms with Crippen molar-refractivity contribution in [2.75, 3.05) is 36.9 Å². The van der Waals surface area contributed by atoms with Crippen molar-refractivity contribution in [2.45, 2.75) is 33.8 Å². The summed E-state index contributed by atoms with van der Waals surface area (Å²) in [5.41, 5.74) is 0. The van der Waals surface area contributed by atoms with Crippen LogP contribution in [0.15, 0.2) is 0 Å². The summed E-state index contributed by atoms with van der Waals surface area (Å²) in [7, 11) is 1.75. The molecule has 1 heterocycles. The molecule has 0 spiro atoms. The first-order valence-electron chi connectivity index (χ1n) is 7.10. The number of amides is 1. The molecule has 0 atom stereocenters. The molecule has 1 aromatic rings. The number of nitrogens with one attached hydrogen (secondary N) is 2. The van der Waals surface area contributed by atoms with Gasteiger partial charge in [0, 0.05) is 20.1 Å². The molecule has 0 aliphatic heterocycles. The summed E-state index contributed by atoms with van der Waals surface area (Å²) in [6, 6.07) is 0.244. The Labute approximate surface area is 125 Å². The van der Waals surface area contributed by atoms with Crippen LogP contribution in [-0.4, -0.2) is 53.6 Å². The van der Waals surface area contributed by atoms with E-state index in [1.54, 1.807) is 11.9 Å². The molecule has 0 aliphatic carbocycles. The highest BCUT2D eigenvalue weighted by Crippen LogP contribution is 2.14. The van der Waals surface area contributed by atoms with Crippen LogP contribution < -0.4 is 20.3 Å². The molecule has 2 N–H and O–H groups in total. The predicted molar refractivity (Wildman–Crippen MR) is 81.7 cm³/mol. The van der Waals surface area contributed by atoms with E-state index in [4.69, 9.17) is 4.74 Å². The van der Waals surface area contributed by atoms with Crippen molar-refractivity contribution in [2.24, 2.45) is 0 Å². The monoisotopic (exact) mass is 296 g/mol. The zero-order chi connectivity index (χ0) is 15.8. The molecule has 1 aromatic heterocycles. The summed E-state index contributed by atoms with van der Waals surface area (Å²) in [5.74, 6) is 0.737. The molecule has 0 saturated heterocycles. The molecule has 118 valence electrons. The third-order valence-electron chi connectivity index (χ3n) is 2.38. The Bertz CT molecular complexity index is 466. The molecule has 8 nitrogen and oxygen atoms in total. The topological polar surface area (TPSA) is 92.3 Å². The second-order valence-corrected chi connectivity index (χ2v) is 4.75. The van der Waals surface area contributed by atoms with Gasteiger partial charge in [-0.2, -0.15) is 15.0 Å². The summed E-state index contributed by atoms with van der Waals surface area (Å²) < 4.78 is 5.52. The molecule has 0 saturated carbocycles. The van der Waals surface area contributed by atoms with Crippen LogP contribution in [0.2, 0.25) is 0 Å². The maximum absolute atomic E-state index is 11.6. The van der Waals surface area contributed by atoms with Crippen molar-refractivity contribution in [3.63, 3.8) is 0 Å². The van der Waals surface area contributed by atoms with E-state index in [1.165, 1.54) is 0 Å². The first kappa shape index (κ1) is 16.9. The van der Waals surface area contributed by atoms with Gasteiger partial charge in [-0.1, -0.05) is 0 Å². The van der Waals surface area contributed by atoms with Gasteiger partial charge in [0.2, 0.25) is 17.8 Å². The number of anilines is 2. The number of aromatic nitrogens is 3. The number of nitrogens with zero attached hydrogens (tertiary/aromatic N) is 4. The molecule has 1 rings (SSSR count). The fourth-order valence-corrected chi connectivity index (χ4v) is 1.56. The Balaban J connectivity index is 2.92. The highest BCUT2D eigenvalue weighted by atomic mass is 16.5. The maximum atomic E-state index is 11.6. The van der Waals surface area contributed by atoms with Gasteiger partial charge in [0.15, 0.2) is 0 Å². The Morgan fingerprint density at radius 2 is 1.95 bits per heavy atom. The zero-order valence-corrected chi connectivity index (χ0v) is 13.3. The van der Waals surface area contributed by atoms with Gasteiger partial charge in [0.05, 0.1) is 12.6 Å². The van der Waals surface area contributed by atoms with Gasteiger partial charge in [-0.25, -0.2) is 0 Å². The summed E-state index contributed by atoms with van der Waals surface area (Å²) in [6.45, 7) is 9.07. The number of carbonyl (C=O) groups is 1. The molecule has 0 fully saturated rings. The average molecular weight is 296 g/mol. The van der Waals surface area contributed by atoms with Crippen LogP contribution in [0.5, 0.6) is 6.01 Å². The molecule has 0 radical (unpaired) electrons. The van der Waals surface area contributed by atoms with Gasteiger partial charge in [-0.05, 0) is 27.7 Å². The maximum Gasteiger partial charge on any atom is 0.323 e. The normalized spacial score (nSPS) is 10.4. The second-order valence-electron chi connectivity index (χ2n) is 4.75. The van der Waals surface area contributed by atoms with E-state index in [-0.39, 0.29) is 24.6 Å². The van der Waals surface area contributed by atoms with Crippen molar-refractivity contribution < 1.29 is 9.53 Å². The number of rotatable bonds is 8. The van der Waals surface area contributed by atoms with E-state index in [9.17, 15) is 4.79 Å². The second kappa shape index (κ2) is 8.23. The molecule has 0 aliphatic rings. The number of hydrogen-bond acceptors (Lipinski definition) is 7. The van der Waals surface area contributed by atoms with Gasteiger partial charge < -0.3 is 20.3 Å². The molecule has 21 heavy (non-hydrogen) atoms. The van der Waals surface area contributed by atoms with E-state index >= 15 is 0 Å². The summed E-state index contributed by atoms with van der Waals surface area (Å²) in [4.78, 5) is 26.0. The lowest BCUT2D eigenvalue weighted by atomic mass is 10.5. The van der Waals surface area contributed by atoms with E-state index in [0.29, 0.717) is 25.0 Å². The lowest BCUT2D eigenvalue weighted by Crippen LogP contribution is -2.36. The van der Waals surface area contributed by atoms with Crippen molar-refractivity contribution in [1.82, 2.24) is 20.3 Å². The van der Waals surface area contributed by atoms with E-state index in [1.807, 2.05) is 27.7 Å². The van der Waals surface area contributed by atoms with E-state index < -0.39 is 0 Å². The fraction of sp³-hybridized carbons (Fsp3) is 0.692. The lowest BCUT2D eigenvalue weighted by Gasteiger charge is -2.18. The Hall–Kier alpha value is -2.12. The minimum atomic E-state index is -0.0864. The smallest absolute Gasteiger partial charge is 0.323 e. The van der Waals surface area contributed by atoms with Crippen molar-refractivity contribution >= 4 is 17.8 Å². The first-order valence-corrected chi connectivity index (χ1v) is 7.10. The minimum Gasteiger partial charge on any atom is -0.461 e. The summed E-state index contributed by atoms with van der Waals surface area (Å²) in [5, 5.41) is 5.76. The fourth-order valence-electron chi connectivity index (χ4n) is 1.56. The summed E-state index contributed by atoms with van der Waals surface area (Å²) in [6.07, 6.45) is -0.0385. The van der Waals surface area contributed by atoms with E-state index in [2.05, 4.69) is 25.6 Å². The highest BCUT2D eigenvalue weighted by Gasteiger charge is 2.14. The SMILES string of the molecule is CCNC(=O)CN(C)c1nc(NCC)nc(OC(C)C)n1. The van der Waals surface area contributed by atoms with Gasteiger partial charge >= 0.3 is 6.01 Å². The van der Waals surface area contributed by atoms with Crippen LogP contribution in [0.3, 0.4) is 0 Å². The van der Waals surface area contributed by atoms with Crippen LogP contribution >= 0.6 is 0 Å². The third kappa shape index (κ3) is 5.80. The van der Waals surface area contributed by atoms with Crippen LogP contribution in [0, 0.1) is 0 Å². The quantitative estimate of drug-likeness (QED) is 0.728. The van der Waals surface area contributed by atoms with E-state index in [0.717, 1.165) is 0 Å². The van der Waals surface area contributed by atoms with Gasteiger partial charge in [0.25, 0.3) is 0 Å². The molecule has 0 bridgehead atoms. The van der Waals surface area contributed by atoms with Gasteiger partial charge in [0.1, 0.15) is 0 Å². The highest BCUT2D eigenvalue weighted by molar-refractivity contribution is 5.80. The zero-order valence-electron chi connectivity index (χ0n) is 13.3. The van der Waals surface area contributed by atoms with Crippen LogP contribution in [0.25, 0.3) is 0 Å². The van der Waals surface area contributed by atoms with Crippen LogP contribution in [0.1, 0.15) is 27.7 Å². The average Bonchev–Trinajstić information content (AvgIpc) is 2.38. The predicted octanol–water partition coefficient (Wildman–Crippen LogP) is 0.663. The van der Waals surface area contributed by atoms with Crippen LogP contribution in [-0.2, 0) is 4.79 Å². The minimum absolute atomic E-state index is 0.0385. The molecule has 0 aromatic carbocycles. The Morgan fingerprint density at radius 1 is 1.24 bits per heavy atom. The van der Waals surface area contributed by atoms with Crippen molar-refractivity contribution in [1.29, 1.82) is 0 Å². The molecular weight excluding hydrogens is 272 g/mol. The number of hydrogen-bond donors (Lipinski definition) is 2. The molecular formula is C13H24N6O2.